The summed E-state index contributed by atoms with van der Waals surface area (Å²) in [4.78, 5) is 15.4. The zero-order chi connectivity index (χ0) is 20.4. The van der Waals surface area contributed by atoms with E-state index >= 15 is 0 Å². The van der Waals surface area contributed by atoms with Gasteiger partial charge in [0.1, 0.15) is 23.7 Å². The van der Waals surface area contributed by atoms with Crippen LogP contribution in [0.5, 0.6) is 5.75 Å². The van der Waals surface area contributed by atoms with Crippen molar-refractivity contribution in [3.05, 3.63) is 64.5 Å². The molecule has 1 aliphatic heterocycles. The van der Waals surface area contributed by atoms with E-state index in [1.807, 2.05) is 49.4 Å². The fraction of sp³-hybridized carbons (Fsp3) is 0.375. The van der Waals surface area contributed by atoms with Gasteiger partial charge in [0.25, 0.3) is 0 Å². The first-order chi connectivity index (χ1) is 14.0. The maximum absolute atomic E-state index is 13.0. The summed E-state index contributed by atoms with van der Waals surface area (Å²) in [6, 6.07) is 15.1. The molecule has 0 N–H and O–H groups in total. The zero-order valence-electron chi connectivity index (χ0n) is 17.2. The van der Waals surface area contributed by atoms with Crippen molar-refractivity contribution in [1.82, 2.24) is 4.90 Å². The molecule has 0 saturated carbocycles. The number of hydrogen-bond acceptors (Lipinski definition) is 5. The van der Waals surface area contributed by atoms with Crippen LogP contribution in [0.2, 0.25) is 0 Å². The number of rotatable bonds is 5. The molecule has 1 aliphatic rings. The summed E-state index contributed by atoms with van der Waals surface area (Å²) >= 11 is 0. The van der Waals surface area contributed by atoms with Crippen molar-refractivity contribution in [1.29, 1.82) is 0 Å². The van der Waals surface area contributed by atoms with E-state index in [-0.39, 0.29) is 17.6 Å². The minimum absolute atomic E-state index is 0.0159. The van der Waals surface area contributed by atoms with E-state index in [0.29, 0.717) is 34.6 Å². The molecular formula is C24H27NO4. The van der Waals surface area contributed by atoms with Gasteiger partial charge in [-0.05, 0) is 38.5 Å². The number of aryl methyl sites for hydroxylation is 1. The van der Waals surface area contributed by atoms with Gasteiger partial charge in [0.2, 0.25) is 5.43 Å². The molecule has 2 aromatic carbocycles. The van der Waals surface area contributed by atoms with Gasteiger partial charge in [-0.25, -0.2) is 0 Å². The molecular weight excluding hydrogens is 366 g/mol. The van der Waals surface area contributed by atoms with Crippen LogP contribution in [-0.2, 0) is 4.74 Å². The second-order valence-electron chi connectivity index (χ2n) is 7.75. The Labute approximate surface area is 170 Å². The van der Waals surface area contributed by atoms with E-state index < -0.39 is 0 Å². The van der Waals surface area contributed by atoms with E-state index in [4.69, 9.17) is 13.9 Å². The topological polar surface area (TPSA) is 51.9 Å². The molecule has 29 heavy (non-hydrogen) atoms. The Hall–Kier alpha value is -2.63. The third-order valence-corrected chi connectivity index (χ3v) is 5.27. The predicted molar refractivity (Wildman–Crippen MR) is 115 cm³/mol. The second-order valence-corrected chi connectivity index (χ2v) is 7.75. The molecule has 3 aromatic rings. The number of ether oxygens (including phenoxy) is 2. The third kappa shape index (κ3) is 4.36. The Morgan fingerprint density at radius 2 is 1.79 bits per heavy atom. The SMILES string of the molecule is Cc1oc2cc(OCCN3C[C@@H](C)O[C@@H](C)C3)ccc2c(=O)c1-c1ccccc1. The van der Waals surface area contributed by atoms with Crippen molar-refractivity contribution < 1.29 is 13.9 Å². The number of morpholine rings is 1. The molecule has 1 saturated heterocycles. The molecule has 0 aliphatic carbocycles. The van der Waals surface area contributed by atoms with E-state index in [2.05, 4.69) is 18.7 Å². The van der Waals surface area contributed by atoms with Crippen molar-refractivity contribution in [3.8, 4) is 16.9 Å². The Morgan fingerprint density at radius 1 is 1.07 bits per heavy atom. The summed E-state index contributed by atoms with van der Waals surface area (Å²) in [5, 5.41) is 0.567. The maximum Gasteiger partial charge on any atom is 0.200 e. The van der Waals surface area contributed by atoms with Crippen molar-refractivity contribution in [2.24, 2.45) is 0 Å². The normalized spacial score (nSPS) is 20.1. The number of hydrogen-bond donors (Lipinski definition) is 0. The molecule has 2 heterocycles. The molecule has 0 bridgehead atoms. The first-order valence-corrected chi connectivity index (χ1v) is 10.1. The Kier molecular flexibility index (Phi) is 5.69. The summed E-state index contributed by atoms with van der Waals surface area (Å²) < 4.78 is 17.7. The average Bonchev–Trinajstić information content (AvgIpc) is 2.68. The summed E-state index contributed by atoms with van der Waals surface area (Å²) in [5.74, 6) is 1.32. The van der Waals surface area contributed by atoms with Crippen molar-refractivity contribution in [2.45, 2.75) is 33.0 Å². The Morgan fingerprint density at radius 3 is 2.52 bits per heavy atom. The number of nitrogens with zero attached hydrogens (tertiary/aromatic N) is 1. The number of benzene rings is 2. The summed E-state index contributed by atoms with van der Waals surface area (Å²) in [6.07, 6.45) is 0.492. The van der Waals surface area contributed by atoms with Crippen LogP contribution < -0.4 is 10.2 Å². The van der Waals surface area contributed by atoms with Gasteiger partial charge in [-0.2, -0.15) is 0 Å². The molecule has 152 valence electrons. The summed E-state index contributed by atoms with van der Waals surface area (Å²) in [6.45, 7) is 9.28. The maximum atomic E-state index is 13.0. The minimum Gasteiger partial charge on any atom is -0.492 e. The number of fused-ring (bicyclic) bond motifs is 1. The van der Waals surface area contributed by atoms with E-state index in [1.54, 1.807) is 6.07 Å². The average molecular weight is 393 g/mol. The van der Waals surface area contributed by atoms with Crippen molar-refractivity contribution in [3.63, 3.8) is 0 Å². The standard InChI is InChI=1S/C24H27NO4/c1-16-14-25(15-17(2)28-16)11-12-27-20-9-10-21-22(13-20)29-18(3)23(24(21)26)19-7-5-4-6-8-19/h4-10,13,16-17H,11-12,14-15H2,1-3H3/t16-,17+. The molecule has 5 nitrogen and oxygen atoms in total. The smallest absolute Gasteiger partial charge is 0.200 e. The molecule has 1 aromatic heterocycles. The van der Waals surface area contributed by atoms with Gasteiger partial charge in [0.15, 0.2) is 0 Å². The van der Waals surface area contributed by atoms with Crippen LogP contribution in [0.25, 0.3) is 22.1 Å². The predicted octanol–water partition coefficient (Wildman–Crippen LogP) is 4.26. The first kappa shape index (κ1) is 19.7. The van der Waals surface area contributed by atoms with E-state index in [0.717, 1.165) is 25.2 Å². The second kappa shape index (κ2) is 8.39. The molecule has 5 heteroatoms. The molecule has 0 amide bonds. The van der Waals surface area contributed by atoms with Crippen LogP contribution in [0.3, 0.4) is 0 Å². The fourth-order valence-corrected chi connectivity index (χ4v) is 4.07. The molecule has 0 spiro atoms. The minimum atomic E-state index is -0.0159. The van der Waals surface area contributed by atoms with Gasteiger partial charge in [-0.15, -0.1) is 0 Å². The molecule has 2 atom stereocenters. The zero-order valence-corrected chi connectivity index (χ0v) is 17.2. The van der Waals surface area contributed by atoms with E-state index in [9.17, 15) is 4.79 Å². The van der Waals surface area contributed by atoms with Gasteiger partial charge in [-0.1, -0.05) is 30.3 Å². The highest BCUT2D eigenvalue weighted by Gasteiger charge is 2.21. The molecule has 0 unspecified atom stereocenters. The van der Waals surface area contributed by atoms with Crippen molar-refractivity contribution in [2.75, 3.05) is 26.2 Å². The van der Waals surface area contributed by atoms with Crippen LogP contribution in [-0.4, -0.2) is 43.3 Å². The van der Waals surface area contributed by atoms with Crippen LogP contribution in [0.4, 0.5) is 0 Å². The lowest BCUT2D eigenvalue weighted by Gasteiger charge is -2.35. The molecule has 0 radical (unpaired) electrons. The van der Waals surface area contributed by atoms with Gasteiger partial charge >= 0.3 is 0 Å². The van der Waals surface area contributed by atoms with E-state index in [1.165, 1.54) is 0 Å². The van der Waals surface area contributed by atoms with Gasteiger partial charge < -0.3 is 13.9 Å². The lowest BCUT2D eigenvalue weighted by molar-refractivity contribution is -0.0699. The van der Waals surface area contributed by atoms with Crippen LogP contribution in [0.1, 0.15) is 19.6 Å². The Bertz CT molecular complexity index is 1030. The van der Waals surface area contributed by atoms with Crippen LogP contribution in [0.15, 0.2) is 57.7 Å². The highest BCUT2D eigenvalue weighted by molar-refractivity contribution is 5.83. The first-order valence-electron chi connectivity index (χ1n) is 10.1. The van der Waals surface area contributed by atoms with Gasteiger partial charge in [-0.3, -0.25) is 9.69 Å². The lowest BCUT2D eigenvalue weighted by atomic mass is 10.0. The highest BCUT2D eigenvalue weighted by atomic mass is 16.5. The fourth-order valence-electron chi connectivity index (χ4n) is 4.07. The molecule has 1 fully saturated rings. The Balaban J connectivity index is 1.50. The van der Waals surface area contributed by atoms with Crippen LogP contribution >= 0.6 is 0 Å². The lowest BCUT2D eigenvalue weighted by Crippen LogP contribution is -2.46. The summed E-state index contributed by atoms with van der Waals surface area (Å²) in [5.41, 5.74) is 2.02. The third-order valence-electron chi connectivity index (χ3n) is 5.27. The highest BCUT2D eigenvalue weighted by Crippen LogP contribution is 2.26. The summed E-state index contributed by atoms with van der Waals surface area (Å²) in [7, 11) is 0. The van der Waals surface area contributed by atoms with Gasteiger partial charge in [0.05, 0.1) is 23.2 Å². The largest absolute Gasteiger partial charge is 0.492 e. The van der Waals surface area contributed by atoms with Crippen LogP contribution in [0, 0.1) is 6.92 Å². The van der Waals surface area contributed by atoms with Gasteiger partial charge in [0, 0.05) is 25.7 Å². The van der Waals surface area contributed by atoms with Crippen molar-refractivity contribution >= 4 is 11.0 Å². The monoisotopic (exact) mass is 393 g/mol. The molecule has 4 rings (SSSR count). The quantitative estimate of drug-likeness (QED) is 0.648.